The molecule has 2 N–H and O–H groups in total. The Morgan fingerprint density at radius 1 is 1.31 bits per heavy atom. The van der Waals surface area contributed by atoms with Crippen LogP contribution in [0.5, 0.6) is 0 Å². The van der Waals surface area contributed by atoms with Crippen LogP contribution in [0.2, 0.25) is 0 Å². The number of nitrogens with zero attached hydrogens (tertiary/aromatic N) is 1. The highest BCUT2D eigenvalue weighted by Gasteiger charge is 2.08. The predicted molar refractivity (Wildman–Crippen MR) is 60.0 cm³/mol. The summed E-state index contributed by atoms with van der Waals surface area (Å²) in [6.07, 6.45) is 3.00. The molecular formula is C11H22N2. The Bertz CT molecular complexity index is 200. The van der Waals surface area contributed by atoms with Crippen LogP contribution >= 0.6 is 0 Å². The van der Waals surface area contributed by atoms with Gasteiger partial charge in [-0.2, -0.15) is 0 Å². The molecule has 2 heteroatoms. The molecule has 0 fully saturated rings. The van der Waals surface area contributed by atoms with Gasteiger partial charge in [0.05, 0.1) is 5.71 Å². The molecule has 0 atom stereocenters. The molecule has 0 aromatic heterocycles. The smallest absolute Gasteiger partial charge is 0.0602 e. The molecule has 0 heterocycles. The first-order chi connectivity index (χ1) is 5.99. The van der Waals surface area contributed by atoms with Gasteiger partial charge in [-0.3, -0.25) is 4.99 Å². The molecule has 13 heavy (non-hydrogen) atoms. The van der Waals surface area contributed by atoms with E-state index in [-0.39, 0.29) is 0 Å². The third-order valence-electron chi connectivity index (χ3n) is 1.66. The Hall–Kier alpha value is -0.790. The number of hydrogen-bond acceptors (Lipinski definition) is 2. The Morgan fingerprint density at radius 2 is 1.85 bits per heavy atom. The van der Waals surface area contributed by atoms with Gasteiger partial charge in [-0.15, -0.1) is 0 Å². The summed E-state index contributed by atoms with van der Waals surface area (Å²) in [4.78, 5) is 4.52. The van der Waals surface area contributed by atoms with Crippen LogP contribution in [0.4, 0.5) is 0 Å². The summed E-state index contributed by atoms with van der Waals surface area (Å²) in [6.45, 7) is 10.5. The highest BCUT2D eigenvalue weighted by Crippen LogP contribution is 2.06. The van der Waals surface area contributed by atoms with Gasteiger partial charge in [0, 0.05) is 11.7 Å². The second-order valence-electron chi connectivity index (χ2n) is 3.83. The van der Waals surface area contributed by atoms with E-state index in [2.05, 4.69) is 39.6 Å². The monoisotopic (exact) mass is 182 g/mol. The van der Waals surface area contributed by atoms with Crippen LogP contribution in [0, 0.1) is 5.92 Å². The zero-order valence-electron chi connectivity index (χ0n) is 9.46. The maximum absolute atomic E-state index is 5.91. The van der Waals surface area contributed by atoms with Crippen molar-refractivity contribution in [1.29, 1.82) is 0 Å². The largest absolute Gasteiger partial charge is 0.398 e. The van der Waals surface area contributed by atoms with Crippen molar-refractivity contribution in [3.63, 3.8) is 0 Å². The lowest BCUT2D eigenvalue weighted by molar-refractivity contribution is 0.795. The van der Waals surface area contributed by atoms with Crippen LogP contribution in [0.1, 0.15) is 41.0 Å². The zero-order valence-corrected chi connectivity index (χ0v) is 9.46. The van der Waals surface area contributed by atoms with E-state index >= 15 is 0 Å². The van der Waals surface area contributed by atoms with Crippen molar-refractivity contribution in [2.75, 3.05) is 0 Å². The molecule has 76 valence electrons. The van der Waals surface area contributed by atoms with E-state index in [1.54, 1.807) is 0 Å². The van der Waals surface area contributed by atoms with Crippen LogP contribution in [-0.2, 0) is 0 Å². The van der Waals surface area contributed by atoms with E-state index in [9.17, 15) is 0 Å². The predicted octanol–water partition coefficient (Wildman–Crippen LogP) is 2.74. The SMILES string of the molecule is CCC=C(N)C(=NC(C)C)C(C)C. The number of allylic oxidation sites excluding steroid dienone is 2. The summed E-state index contributed by atoms with van der Waals surface area (Å²) in [6, 6.07) is 0.321. The Balaban J connectivity index is 4.71. The van der Waals surface area contributed by atoms with Gasteiger partial charge in [0.25, 0.3) is 0 Å². The summed E-state index contributed by atoms with van der Waals surface area (Å²) in [5.41, 5.74) is 7.79. The van der Waals surface area contributed by atoms with Crippen molar-refractivity contribution in [2.45, 2.75) is 47.1 Å². The quantitative estimate of drug-likeness (QED) is 0.667. The van der Waals surface area contributed by atoms with E-state index in [1.165, 1.54) is 0 Å². The lowest BCUT2D eigenvalue weighted by Gasteiger charge is -2.12. The third-order valence-corrected chi connectivity index (χ3v) is 1.66. The van der Waals surface area contributed by atoms with Crippen LogP contribution in [0.3, 0.4) is 0 Å². The van der Waals surface area contributed by atoms with Crippen molar-refractivity contribution in [3.8, 4) is 0 Å². The van der Waals surface area contributed by atoms with Gasteiger partial charge in [0.1, 0.15) is 0 Å². The first kappa shape index (κ1) is 12.2. The lowest BCUT2D eigenvalue weighted by Crippen LogP contribution is -2.19. The molecule has 0 saturated carbocycles. The summed E-state index contributed by atoms with van der Waals surface area (Å²) < 4.78 is 0. The molecule has 0 spiro atoms. The fourth-order valence-electron chi connectivity index (χ4n) is 1.16. The molecule has 0 amide bonds. The van der Waals surface area contributed by atoms with Crippen LogP contribution in [-0.4, -0.2) is 11.8 Å². The standard InChI is InChI=1S/C11H22N2/c1-6-7-10(12)11(8(2)3)13-9(4)5/h7-9H,6,12H2,1-5H3. The molecule has 0 aromatic carbocycles. The van der Waals surface area contributed by atoms with Crippen molar-refractivity contribution in [3.05, 3.63) is 11.8 Å². The summed E-state index contributed by atoms with van der Waals surface area (Å²) in [7, 11) is 0. The van der Waals surface area contributed by atoms with E-state index in [0.29, 0.717) is 12.0 Å². The molecule has 0 saturated heterocycles. The van der Waals surface area contributed by atoms with Crippen LogP contribution < -0.4 is 5.73 Å². The van der Waals surface area contributed by atoms with Crippen molar-refractivity contribution in [2.24, 2.45) is 16.6 Å². The molecule has 0 aliphatic heterocycles. The molecule has 0 rings (SSSR count). The Labute approximate surface area is 81.9 Å². The van der Waals surface area contributed by atoms with Crippen molar-refractivity contribution >= 4 is 5.71 Å². The van der Waals surface area contributed by atoms with Gasteiger partial charge in [-0.1, -0.05) is 26.8 Å². The minimum atomic E-state index is 0.321. The fraction of sp³-hybridized carbons (Fsp3) is 0.727. The number of hydrogen-bond donors (Lipinski definition) is 1. The minimum Gasteiger partial charge on any atom is -0.398 e. The average molecular weight is 182 g/mol. The molecule has 0 aliphatic carbocycles. The number of nitrogens with two attached hydrogens (primary N) is 1. The molecule has 0 bridgehead atoms. The summed E-state index contributed by atoms with van der Waals surface area (Å²) >= 11 is 0. The normalized spacial score (nSPS) is 14.4. The average Bonchev–Trinajstić information content (AvgIpc) is 1.99. The third kappa shape index (κ3) is 4.71. The molecule has 0 aromatic rings. The number of rotatable bonds is 4. The lowest BCUT2D eigenvalue weighted by atomic mass is 10.0. The van der Waals surface area contributed by atoms with Gasteiger partial charge in [-0.25, -0.2) is 0 Å². The van der Waals surface area contributed by atoms with Gasteiger partial charge in [0.15, 0.2) is 0 Å². The second kappa shape index (κ2) is 5.79. The van der Waals surface area contributed by atoms with Gasteiger partial charge in [0.2, 0.25) is 0 Å². The van der Waals surface area contributed by atoms with E-state index in [4.69, 9.17) is 5.73 Å². The first-order valence-electron chi connectivity index (χ1n) is 5.02. The minimum absolute atomic E-state index is 0.321. The molecule has 0 unspecified atom stereocenters. The molecule has 0 radical (unpaired) electrons. The highest BCUT2D eigenvalue weighted by molar-refractivity contribution is 6.00. The first-order valence-corrected chi connectivity index (χ1v) is 5.02. The van der Waals surface area contributed by atoms with Crippen LogP contribution in [0.25, 0.3) is 0 Å². The van der Waals surface area contributed by atoms with Crippen LogP contribution in [0.15, 0.2) is 16.8 Å². The highest BCUT2D eigenvalue weighted by atomic mass is 14.8. The molecule has 2 nitrogen and oxygen atoms in total. The Kier molecular flexibility index (Phi) is 5.44. The molecule has 0 aliphatic rings. The number of aliphatic imine (C=N–C) groups is 1. The van der Waals surface area contributed by atoms with Gasteiger partial charge in [-0.05, 0) is 26.2 Å². The van der Waals surface area contributed by atoms with E-state index in [0.717, 1.165) is 17.8 Å². The second-order valence-corrected chi connectivity index (χ2v) is 3.83. The maximum Gasteiger partial charge on any atom is 0.0602 e. The summed E-state index contributed by atoms with van der Waals surface area (Å²) in [5, 5.41) is 0. The Morgan fingerprint density at radius 3 is 2.15 bits per heavy atom. The topological polar surface area (TPSA) is 38.4 Å². The fourth-order valence-corrected chi connectivity index (χ4v) is 1.16. The van der Waals surface area contributed by atoms with Crippen molar-refractivity contribution in [1.82, 2.24) is 0 Å². The van der Waals surface area contributed by atoms with Gasteiger partial charge >= 0.3 is 0 Å². The van der Waals surface area contributed by atoms with Crippen molar-refractivity contribution < 1.29 is 0 Å². The summed E-state index contributed by atoms with van der Waals surface area (Å²) in [5.74, 6) is 0.408. The van der Waals surface area contributed by atoms with E-state index < -0.39 is 0 Å². The van der Waals surface area contributed by atoms with E-state index in [1.807, 2.05) is 6.08 Å². The van der Waals surface area contributed by atoms with Gasteiger partial charge < -0.3 is 5.73 Å². The zero-order chi connectivity index (χ0) is 10.4. The molecular weight excluding hydrogens is 160 g/mol. The maximum atomic E-state index is 5.91.